The molecule has 0 amide bonds. The Kier molecular flexibility index (Phi) is 2.78. The average Bonchev–Trinajstić information content (AvgIpc) is 2.61. The summed E-state index contributed by atoms with van der Waals surface area (Å²) < 4.78 is 12.7. The van der Waals surface area contributed by atoms with Gasteiger partial charge in [0.2, 0.25) is 0 Å². The molecule has 0 aliphatic carbocycles. The van der Waals surface area contributed by atoms with Gasteiger partial charge in [-0.05, 0) is 19.1 Å². The van der Waals surface area contributed by atoms with Crippen LogP contribution in [-0.4, -0.2) is 15.8 Å². The van der Waals surface area contributed by atoms with Crippen molar-refractivity contribution in [1.29, 1.82) is 0 Å². The summed E-state index contributed by atoms with van der Waals surface area (Å²) in [5.41, 5.74) is 1.28. The maximum Gasteiger partial charge on any atom is 0.171 e. The van der Waals surface area contributed by atoms with Gasteiger partial charge in [-0.25, -0.2) is 9.37 Å². The first-order chi connectivity index (χ1) is 7.58. The highest BCUT2D eigenvalue weighted by molar-refractivity contribution is 7.17. The fourth-order valence-corrected chi connectivity index (χ4v) is 2.27. The lowest BCUT2D eigenvalue weighted by Gasteiger charge is -1.93. The van der Waals surface area contributed by atoms with E-state index < -0.39 is 0 Å². The fraction of sp³-hybridized carbons (Fsp3) is 0.182. The molecule has 0 bridgehead atoms. The van der Waals surface area contributed by atoms with E-state index in [0.29, 0.717) is 21.3 Å². The van der Waals surface area contributed by atoms with Crippen LogP contribution < -0.4 is 0 Å². The van der Waals surface area contributed by atoms with E-state index in [1.54, 1.807) is 13.0 Å². The Bertz CT molecular complexity index is 533. The van der Waals surface area contributed by atoms with Gasteiger partial charge in [0.1, 0.15) is 10.8 Å². The Morgan fingerprint density at radius 2 is 2.19 bits per heavy atom. The highest BCUT2D eigenvalue weighted by Gasteiger charge is 2.13. The number of nitrogens with zero attached hydrogens (tertiary/aromatic N) is 2. The Hall–Kier alpha value is -1.62. The van der Waals surface area contributed by atoms with E-state index >= 15 is 0 Å². The minimum Gasteiger partial charge on any atom is -0.294 e. The maximum atomic E-state index is 12.7. The second-order valence-electron chi connectivity index (χ2n) is 3.35. The van der Waals surface area contributed by atoms with E-state index in [-0.39, 0.29) is 11.6 Å². The third-order valence-corrected chi connectivity index (χ3v) is 3.34. The SMILES string of the molecule is CC(=O)c1sc(-c2ccc(F)cn2)nc1C. The van der Waals surface area contributed by atoms with Gasteiger partial charge in [-0.3, -0.25) is 9.78 Å². The molecule has 0 fully saturated rings. The number of carbonyl (C=O) groups excluding carboxylic acids is 1. The van der Waals surface area contributed by atoms with Gasteiger partial charge in [0.05, 0.1) is 22.5 Å². The van der Waals surface area contributed by atoms with Gasteiger partial charge in [-0.1, -0.05) is 0 Å². The number of aromatic nitrogens is 2. The Morgan fingerprint density at radius 1 is 1.44 bits per heavy atom. The van der Waals surface area contributed by atoms with Gasteiger partial charge < -0.3 is 0 Å². The maximum absolute atomic E-state index is 12.7. The number of ketones is 1. The zero-order valence-electron chi connectivity index (χ0n) is 8.82. The van der Waals surface area contributed by atoms with Gasteiger partial charge in [-0.2, -0.15) is 0 Å². The van der Waals surface area contributed by atoms with Crippen LogP contribution in [0.3, 0.4) is 0 Å². The Labute approximate surface area is 96.0 Å². The third-order valence-electron chi connectivity index (χ3n) is 2.06. The monoisotopic (exact) mass is 236 g/mol. The van der Waals surface area contributed by atoms with Crippen LogP contribution >= 0.6 is 11.3 Å². The van der Waals surface area contributed by atoms with Crippen molar-refractivity contribution in [3.63, 3.8) is 0 Å². The van der Waals surface area contributed by atoms with Crippen LogP contribution in [0, 0.1) is 12.7 Å². The minimum atomic E-state index is -0.385. The predicted molar refractivity (Wildman–Crippen MR) is 60.0 cm³/mol. The smallest absolute Gasteiger partial charge is 0.171 e. The van der Waals surface area contributed by atoms with Crippen LogP contribution in [0.4, 0.5) is 4.39 Å². The van der Waals surface area contributed by atoms with Crippen LogP contribution in [0.5, 0.6) is 0 Å². The molecule has 0 aromatic carbocycles. The van der Waals surface area contributed by atoms with Crippen molar-refractivity contribution in [2.75, 3.05) is 0 Å². The van der Waals surface area contributed by atoms with E-state index in [4.69, 9.17) is 0 Å². The molecule has 2 rings (SSSR count). The summed E-state index contributed by atoms with van der Waals surface area (Å²) in [6, 6.07) is 2.88. The van der Waals surface area contributed by atoms with Gasteiger partial charge >= 0.3 is 0 Å². The van der Waals surface area contributed by atoms with Crippen molar-refractivity contribution >= 4 is 17.1 Å². The number of carbonyl (C=O) groups is 1. The number of hydrogen-bond donors (Lipinski definition) is 0. The molecule has 2 heterocycles. The first-order valence-corrected chi connectivity index (χ1v) is 5.50. The molecule has 0 saturated heterocycles. The molecule has 0 N–H and O–H groups in total. The summed E-state index contributed by atoms with van der Waals surface area (Å²) in [6.07, 6.45) is 1.14. The molecule has 0 unspecified atom stereocenters. The average molecular weight is 236 g/mol. The van der Waals surface area contributed by atoms with E-state index in [0.717, 1.165) is 6.20 Å². The summed E-state index contributed by atoms with van der Waals surface area (Å²) >= 11 is 1.28. The summed E-state index contributed by atoms with van der Waals surface area (Å²) in [5, 5.41) is 0.641. The fourth-order valence-electron chi connectivity index (χ4n) is 1.33. The van der Waals surface area contributed by atoms with Gasteiger partial charge in [0.25, 0.3) is 0 Å². The van der Waals surface area contributed by atoms with Crippen molar-refractivity contribution in [3.05, 3.63) is 34.7 Å². The van der Waals surface area contributed by atoms with Crippen molar-refractivity contribution in [2.24, 2.45) is 0 Å². The van der Waals surface area contributed by atoms with Gasteiger partial charge in [0, 0.05) is 6.92 Å². The number of hydrogen-bond acceptors (Lipinski definition) is 4. The summed E-state index contributed by atoms with van der Waals surface area (Å²) in [4.78, 5) is 20.0. The first kappa shape index (κ1) is 10.9. The lowest BCUT2D eigenvalue weighted by molar-refractivity contribution is 0.102. The molecular formula is C11H9FN2OS. The largest absolute Gasteiger partial charge is 0.294 e. The number of thiazole rings is 1. The Morgan fingerprint density at radius 3 is 2.69 bits per heavy atom. The number of halogens is 1. The lowest BCUT2D eigenvalue weighted by atomic mass is 10.3. The normalized spacial score (nSPS) is 10.4. The molecular weight excluding hydrogens is 227 g/mol. The first-order valence-electron chi connectivity index (χ1n) is 4.68. The third kappa shape index (κ3) is 1.99. The summed E-state index contributed by atoms with van der Waals surface area (Å²) in [7, 11) is 0. The Balaban J connectivity index is 2.45. The number of pyridine rings is 1. The van der Waals surface area contributed by atoms with Crippen molar-refractivity contribution < 1.29 is 9.18 Å². The zero-order chi connectivity index (χ0) is 11.7. The van der Waals surface area contributed by atoms with E-state index in [2.05, 4.69) is 9.97 Å². The minimum absolute atomic E-state index is 0.0108. The molecule has 0 aliphatic rings. The van der Waals surface area contributed by atoms with Crippen LogP contribution in [0.1, 0.15) is 22.3 Å². The molecule has 16 heavy (non-hydrogen) atoms. The number of aryl methyl sites for hydroxylation is 1. The molecule has 5 heteroatoms. The quantitative estimate of drug-likeness (QED) is 0.753. The van der Waals surface area contributed by atoms with E-state index in [1.807, 2.05) is 0 Å². The van der Waals surface area contributed by atoms with E-state index in [1.165, 1.54) is 24.3 Å². The second kappa shape index (κ2) is 4.09. The highest BCUT2D eigenvalue weighted by Crippen LogP contribution is 2.26. The molecule has 0 atom stereocenters. The lowest BCUT2D eigenvalue weighted by Crippen LogP contribution is -1.89. The molecule has 0 spiro atoms. The molecule has 0 aliphatic heterocycles. The van der Waals surface area contributed by atoms with Crippen LogP contribution in [0.2, 0.25) is 0 Å². The highest BCUT2D eigenvalue weighted by atomic mass is 32.1. The van der Waals surface area contributed by atoms with Crippen molar-refractivity contribution in [3.8, 4) is 10.7 Å². The van der Waals surface area contributed by atoms with Crippen LogP contribution in [0.15, 0.2) is 18.3 Å². The molecule has 3 nitrogen and oxygen atoms in total. The number of Topliss-reactive ketones (excluding diaryl/α,β-unsaturated/α-hetero) is 1. The second-order valence-corrected chi connectivity index (χ2v) is 4.35. The zero-order valence-corrected chi connectivity index (χ0v) is 9.64. The molecule has 0 radical (unpaired) electrons. The van der Waals surface area contributed by atoms with Gasteiger partial charge in [0.15, 0.2) is 5.78 Å². The predicted octanol–water partition coefficient (Wildman–Crippen LogP) is 2.86. The van der Waals surface area contributed by atoms with Crippen molar-refractivity contribution in [2.45, 2.75) is 13.8 Å². The van der Waals surface area contributed by atoms with Crippen LogP contribution in [0.25, 0.3) is 10.7 Å². The molecule has 0 saturated carbocycles. The van der Waals surface area contributed by atoms with Crippen LogP contribution in [-0.2, 0) is 0 Å². The standard InChI is InChI=1S/C11H9FN2OS/c1-6-10(7(2)15)16-11(14-6)9-4-3-8(12)5-13-9/h3-5H,1-2H3. The molecule has 82 valence electrons. The number of rotatable bonds is 2. The molecule has 2 aromatic heterocycles. The summed E-state index contributed by atoms with van der Waals surface area (Å²) in [5.74, 6) is -0.396. The van der Waals surface area contributed by atoms with E-state index in [9.17, 15) is 9.18 Å². The van der Waals surface area contributed by atoms with Crippen molar-refractivity contribution in [1.82, 2.24) is 9.97 Å². The topological polar surface area (TPSA) is 42.9 Å². The molecule has 2 aromatic rings. The summed E-state index contributed by atoms with van der Waals surface area (Å²) in [6.45, 7) is 3.28. The van der Waals surface area contributed by atoms with Gasteiger partial charge in [-0.15, -0.1) is 11.3 Å².